The van der Waals surface area contributed by atoms with E-state index in [0.717, 1.165) is 15.9 Å². The lowest BCUT2D eigenvalue weighted by Crippen LogP contribution is -2.37. The first-order valence-electron chi connectivity index (χ1n) is 9.64. The van der Waals surface area contributed by atoms with Gasteiger partial charge in [0.2, 0.25) is 15.9 Å². The second-order valence-corrected chi connectivity index (χ2v) is 9.41. The Morgan fingerprint density at radius 3 is 2.44 bits per heavy atom. The Morgan fingerprint density at radius 1 is 1.09 bits per heavy atom. The molecule has 0 atom stereocenters. The molecule has 32 heavy (non-hydrogen) atoms. The maximum absolute atomic E-state index is 13.4. The van der Waals surface area contributed by atoms with Gasteiger partial charge in [0.25, 0.3) is 0 Å². The van der Waals surface area contributed by atoms with Crippen LogP contribution in [-0.2, 0) is 21.4 Å². The number of sulfonamides is 1. The molecule has 0 fully saturated rings. The minimum Gasteiger partial charge on any atom is -0.496 e. The number of nitrogens with one attached hydrogen (secondary N) is 1. The van der Waals surface area contributed by atoms with Gasteiger partial charge in [-0.2, -0.15) is 4.31 Å². The lowest BCUT2D eigenvalue weighted by atomic mass is 10.2. The molecule has 0 radical (unpaired) electrons. The van der Waals surface area contributed by atoms with Crippen LogP contribution in [0.15, 0.2) is 71.6 Å². The smallest absolute Gasteiger partial charge is 0.243 e. The van der Waals surface area contributed by atoms with Gasteiger partial charge in [-0.15, -0.1) is 0 Å². The number of aryl methyl sites for hydroxylation is 1. The highest BCUT2D eigenvalue weighted by atomic mass is 35.5. The van der Waals surface area contributed by atoms with Crippen molar-refractivity contribution >= 4 is 33.2 Å². The molecule has 0 aliphatic carbocycles. The molecule has 1 N–H and O–H groups in total. The molecular formula is C23H22ClFN2O4S. The SMILES string of the molecule is COc1ccc(S(=O)(=O)N(CC(=O)Nc2ccc(F)c(Cl)c2)Cc2ccccc2)cc1C. The van der Waals surface area contributed by atoms with Crippen LogP contribution < -0.4 is 10.1 Å². The Labute approximate surface area is 191 Å². The molecule has 3 aromatic rings. The number of carbonyl (C=O) groups is 1. The number of benzene rings is 3. The number of anilines is 1. The van der Waals surface area contributed by atoms with Gasteiger partial charge in [-0.1, -0.05) is 41.9 Å². The van der Waals surface area contributed by atoms with Crippen molar-refractivity contribution in [3.05, 3.63) is 88.7 Å². The Morgan fingerprint density at radius 2 is 1.81 bits per heavy atom. The molecule has 0 spiro atoms. The summed E-state index contributed by atoms with van der Waals surface area (Å²) in [4.78, 5) is 12.7. The highest BCUT2D eigenvalue weighted by molar-refractivity contribution is 7.89. The van der Waals surface area contributed by atoms with Gasteiger partial charge in [0, 0.05) is 12.2 Å². The third kappa shape index (κ3) is 5.64. The predicted octanol–water partition coefficient (Wildman–Crippen LogP) is 4.63. The molecular weight excluding hydrogens is 455 g/mol. The summed E-state index contributed by atoms with van der Waals surface area (Å²) in [5.41, 5.74) is 1.64. The number of hydrogen-bond donors (Lipinski definition) is 1. The van der Waals surface area contributed by atoms with Gasteiger partial charge in [-0.05, 0) is 54.4 Å². The lowest BCUT2D eigenvalue weighted by Gasteiger charge is -2.22. The topological polar surface area (TPSA) is 75.7 Å². The Hall–Kier alpha value is -2.94. The maximum atomic E-state index is 13.4. The second kappa shape index (κ2) is 10.1. The van der Waals surface area contributed by atoms with E-state index >= 15 is 0 Å². The third-order valence-corrected chi connectivity index (χ3v) is 6.81. The first-order chi connectivity index (χ1) is 15.2. The van der Waals surface area contributed by atoms with E-state index in [4.69, 9.17) is 16.3 Å². The molecule has 0 heterocycles. The minimum absolute atomic E-state index is 0.00809. The zero-order valence-electron chi connectivity index (χ0n) is 17.5. The molecule has 0 unspecified atom stereocenters. The minimum atomic E-state index is -4.02. The molecule has 6 nitrogen and oxygen atoms in total. The fraction of sp³-hybridized carbons (Fsp3) is 0.174. The quantitative estimate of drug-likeness (QED) is 0.514. The zero-order chi connectivity index (χ0) is 23.3. The van der Waals surface area contributed by atoms with E-state index in [2.05, 4.69) is 5.32 Å². The summed E-state index contributed by atoms with van der Waals surface area (Å²) in [6.45, 7) is 1.29. The van der Waals surface area contributed by atoms with Crippen LogP contribution in [0.2, 0.25) is 5.02 Å². The van der Waals surface area contributed by atoms with Crippen LogP contribution in [0, 0.1) is 12.7 Å². The summed E-state index contributed by atoms with van der Waals surface area (Å²) in [5, 5.41) is 2.42. The number of carbonyl (C=O) groups excluding carboxylic acids is 1. The number of amides is 1. The summed E-state index contributed by atoms with van der Waals surface area (Å²) < 4.78 is 46.5. The number of nitrogens with zero attached hydrogens (tertiary/aromatic N) is 1. The zero-order valence-corrected chi connectivity index (χ0v) is 19.1. The molecule has 0 saturated carbocycles. The Bertz CT molecular complexity index is 1220. The molecule has 0 bridgehead atoms. The predicted molar refractivity (Wildman–Crippen MR) is 122 cm³/mol. The third-order valence-electron chi connectivity index (χ3n) is 4.73. The van der Waals surface area contributed by atoms with Crippen molar-refractivity contribution in [3.63, 3.8) is 0 Å². The standard InChI is InChI=1S/C23H22ClFN2O4S/c1-16-12-19(9-11-22(16)31-2)32(29,30)27(14-17-6-4-3-5-7-17)15-23(28)26-18-8-10-21(25)20(24)13-18/h3-13H,14-15H2,1-2H3,(H,26,28). The van der Waals surface area contributed by atoms with Crippen LogP contribution in [0.3, 0.4) is 0 Å². The van der Waals surface area contributed by atoms with E-state index < -0.39 is 28.3 Å². The first-order valence-corrected chi connectivity index (χ1v) is 11.5. The van der Waals surface area contributed by atoms with E-state index in [1.807, 2.05) is 6.07 Å². The monoisotopic (exact) mass is 476 g/mol. The lowest BCUT2D eigenvalue weighted by molar-refractivity contribution is -0.116. The highest BCUT2D eigenvalue weighted by Crippen LogP contribution is 2.25. The van der Waals surface area contributed by atoms with Crippen LogP contribution >= 0.6 is 11.6 Å². The average Bonchev–Trinajstić information content (AvgIpc) is 2.76. The summed E-state index contributed by atoms with van der Waals surface area (Å²) in [6, 6.07) is 17.2. The van der Waals surface area contributed by atoms with Crippen molar-refractivity contribution in [3.8, 4) is 5.75 Å². The molecule has 0 saturated heterocycles. The van der Waals surface area contributed by atoms with E-state index in [-0.39, 0.29) is 22.2 Å². The number of rotatable bonds is 8. The van der Waals surface area contributed by atoms with Crippen LogP contribution in [-0.4, -0.2) is 32.3 Å². The maximum Gasteiger partial charge on any atom is 0.243 e. The summed E-state index contributed by atoms with van der Waals surface area (Å²) in [6.07, 6.45) is 0. The van der Waals surface area contributed by atoms with Crippen molar-refractivity contribution in [1.29, 1.82) is 0 Å². The molecule has 0 aliphatic rings. The van der Waals surface area contributed by atoms with Crippen molar-refractivity contribution in [2.24, 2.45) is 0 Å². The van der Waals surface area contributed by atoms with Gasteiger partial charge in [0.1, 0.15) is 11.6 Å². The summed E-state index contributed by atoms with van der Waals surface area (Å²) in [5.74, 6) is -0.644. The van der Waals surface area contributed by atoms with E-state index in [9.17, 15) is 17.6 Å². The Kier molecular flexibility index (Phi) is 7.50. The molecule has 0 aromatic heterocycles. The first kappa shape index (κ1) is 23.7. The van der Waals surface area contributed by atoms with Gasteiger partial charge in [0.05, 0.1) is 23.6 Å². The fourth-order valence-electron chi connectivity index (χ4n) is 3.11. The molecule has 0 aliphatic heterocycles. The molecule has 3 rings (SSSR count). The highest BCUT2D eigenvalue weighted by Gasteiger charge is 2.27. The summed E-state index contributed by atoms with van der Waals surface area (Å²) in [7, 11) is -2.51. The molecule has 3 aromatic carbocycles. The van der Waals surface area contributed by atoms with Crippen LogP contribution in [0.1, 0.15) is 11.1 Å². The number of hydrogen-bond acceptors (Lipinski definition) is 4. The average molecular weight is 477 g/mol. The molecule has 9 heteroatoms. The number of methoxy groups -OCH3 is 1. The summed E-state index contributed by atoms with van der Waals surface area (Å²) >= 11 is 5.76. The second-order valence-electron chi connectivity index (χ2n) is 7.07. The van der Waals surface area contributed by atoms with Gasteiger partial charge >= 0.3 is 0 Å². The van der Waals surface area contributed by atoms with Crippen molar-refractivity contribution in [2.75, 3.05) is 19.0 Å². The van der Waals surface area contributed by atoms with Gasteiger partial charge < -0.3 is 10.1 Å². The van der Waals surface area contributed by atoms with Crippen LogP contribution in [0.5, 0.6) is 5.75 Å². The normalized spacial score (nSPS) is 11.4. The number of ether oxygens (including phenoxy) is 1. The van der Waals surface area contributed by atoms with E-state index in [1.165, 1.54) is 31.4 Å². The van der Waals surface area contributed by atoms with Gasteiger partial charge in [0.15, 0.2) is 0 Å². The van der Waals surface area contributed by atoms with E-state index in [1.54, 1.807) is 37.3 Å². The van der Waals surface area contributed by atoms with Crippen molar-refractivity contribution in [1.82, 2.24) is 4.31 Å². The Balaban J connectivity index is 1.89. The largest absolute Gasteiger partial charge is 0.496 e. The van der Waals surface area contributed by atoms with Gasteiger partial charge in [-0.25, -0.2) is 12.8 Å². The fourth-order valence-corrected chi connectivity index (χ4v) is 4.76. The van der Waals surface area contributed by atoms with Crippen molar-refractivity contribution < 1.29 is 22.3 Å². The molecule has 168 valence electrons. The van der Waals surface area contributed by atoms with Crippen LogP contribution in [0.4, 0.5) is 10.1 Å². The van der Waals surface area contributed by atoms with Gasteiger partial charge in [-0.3, -0.25) is 4.79 Å². The van der Waals surface area contributed by atoms with E-state index in [0.29, 0.717) is 11.3 Å². The van der Waals surface area contributed by atoms with Crippen LogP contribution in [0.25, 0.3) is 0 Å². The number of halogens is 2. The molecule has 1 amide bonds. The van der Waals surface area contributed by atoms with Crippen molar-refractivity contribution in [2.45, 2.75) is 18.4 Å².